The molecule has 160 valence electrons. The van der Waals surface area contributed by atoms with E-state index in [0.29, 0.717) is 6.54 Å². The summed E-state index contributed by atoms with van der Waals surface area (Å²) in [7, 11) is -3.83. The van der Waals surface area contributed by atoms with Gasteiger partial charge in [-0.15, -0.1) is 0 Å². The first-order chi connectivity index (χ1) is 14.4. The lowest BCUT2D eigenvalue weighted by Crippen LogP contribution is -2.48. The second kappa shape index (κ2) is 10.9. The molecule has 2 N–H and O–H groups in total. The zero-order valence-electron chi connectivity index (χ0n) is 16.8. The fraction of sp³-hybridized carbons (Fsp3) is 0.348. The largest absolute Gasteiger partial charge is 0.354 e. The molecule has 1 aliphatic rings. The number of allylic oxidation sites excluding steroid dienone is 1. The summed E-state index contributed by atoms with van der Waals surface area (Å²) >= 11 is 3.31. The van der Waals surface area contributed by atoms with E-state index in [2.05, 4.69) is 32.0 Å². The molecule has 7 heteroatoms. The Balaban J connectivity index is 1.69. The average molecular weight is 491 g/mol. The normalized spacial score (nSPS) is 15.3. The van der Waals surface area contributed by atoms with E-state index in [0.717, 1.165) is 29.3 Å². The summed E-state index contributed by atoms with van der Waals surface area (Å²) in [5, 5.41) is 2.92. The molecular weight excluding hydrogens is 464 g/mol. The van der Waals surface area contributed by atoms with Gasteiger partial charge in [0, 0.05) is 11.0 Å². The van der Waals surface area contributed by atoms with Gasteiger partial charge < -0.3 is 5.32 Å². The number of carbonyl (C=O) groups excluding carboxylic acids is 1. The summed E-state index contributed by atoms with van der Waals surface area (Å²) in [4.78, 5) is 13.0. The third-order valence-corrected chi connectivity index (χ3v) is 7.17. The highest BCUT2D eigenvalue weighted by molar-refractivity contribution is 9.10. The summed E-state index contributed by atoms with van der Waals surface area (Å²) in [6.45, 7) is 0.510. The van der Waals surface area contributed by atoms with Crippen LogP contribution in [0.3, 0.4) is 0 Å². The van der Waals surface area contributed by atoms with Gasteiger partial charge in [0.25, 0.3) is 0 Å². The predicted molar refractivity (Wildman–Crippen MR) is 123 cm³/mol. The molecule has 1 amide bonds. The number of sulfonamides is 1. The molecule has 0 fully saturated rings. The molecule has 0 bridgehead atoms. The van der Waals surface area contributed by atoms with Crippen LogP contribution in [0.25, 0.3) is 0 Å². The van der Waals surface area contributed by atoms with Gasteiger partial charge in [0.15, 0.2) is 0 Å². The lowest BCUT2D eigenvalue weighted by molar-refractivity contribution is -0.122. The minimum Gasteiger partial charge on any atom is -0.354 e. The van der Waals surface area contributed by atoms with Crippen molar-refractivity contribution in [2.24, 2.45) is 0 Å². The Hall–Kier alpha value is -1.96. The van der Waals surface area contributed by atoms with Crippen molar-refractivity contribution in [3.8, 4) is 0 Å². The minimum atomic E-state index is -3.83. The molecule has 1 aliphatic carbocycles. The van der Waals surface area contributed by atoms with Crippen molar-refractivity contribution in [3.63, 3.8) is 0 Å². The van der Waals surface area contributed by atoms with Gasteiger partial charge in [0.05, 0.1) is 4.90 Å². The fourth-order valence-electron chi connectivity index (χ4n) is 3.51. The molecular formula is C23H27BrN2O3S. The van der Waals surface area contributed by atoms with Gasteiger partial charge in [0.2, 0.25) is 15.9 Å². The Labute approximate surface area is 187 Å². The molecule has 0 spiro atoms. The van der Waals surface area contributed by atoms with E-state index < -0.39 is 16.1 Å². The van der Waals surface area contributed by atoms with Crippen LogP contribution in [0.15, 0.2) is 75.6 Å². The average Bonchev–Trinajstić information content (AvgIpc) is 2.75. The molecule has 0 unspecified atom stereocenters. The third-order valence-electron chi connectivity index (χ3n) is 5.15. The first-order valence-electron chi connectivity index (χ1n) is 10.2. The van der Waals surface area contributed by atoms with Gasteiger partial charge in [-0.3, -0.25) is 4.79 Å². The molecule has 30 heavy (non-hydrogen) atoms. The van der Waals surface area contributed by atoms with Crippen molar-refractivity contribution in [1.82, 2.24) is 10.0 Å². The number of rotatable bonds is 9. The molecule has 3 rings (SSSR count). The fourth-order valence-corrected chi connectivity index (χ4v) is 4.97. The van der Waals surface area contributed by atoms with Crippen LogP contribution in [-0.4, -0.2) is 26.9 Å². The summed E-state index contributed by atoms with van der Waals surface area (Å²) in [6, 6.07) is 14.9. The van der Waals surface area contributed by atoms with Crippen LogP contribution in [0.5, 0.6) is 0 Å². The van der Waals surface area contributed by atoms with Gasteiger partial charge in [-0.1, -0.05) is 57.9 Å². The summed E-state index contributed by atoms with van der Waals surface area (Å²) in [5.74, 6) is -0.309. The Bertz CT molecular complexity index is 973. The van der Waals surface area contributed by atoms with Crippen molar-refractivity contribution in [3.05, 3.63) is 76.3 Å². The quantitative estimate of drug-likeness (QED) is 0.513. The maximum Gasteiger partial charge on any atom is 0.241 e. The van der Waals surface area contributed by atoms with Crippen LogP contribution < -0.4 is 10.0 Å². The van der Waals surface area contributed by atoms with Crippen LogP contribution in [0.2, 0.25) is 0 Å². The van der Waals surface area contributed by atoms with Crippen LogP contribution in [0.4, 0.5) is 0 Å². The summed E-state index contributed by atoms with van der Waals surface area (Å²) in [6.07, 6.45) is 7.96. The van der Waals surface area contributed by atoms with Gasteiger partial charge in [-0.25, -0.2) is 8.42 Å². The highest BCUT2D eigenvalue weighted by atomic mass is 79.9. The van der Waals surface area contributed by atoms with Crippen molar-refractivity contribution < 1.29 is 13.2 Å². The highest BCUT2D eigenvalue weighted by Crippen LogP contribution is 2.19. The Kier molecular flexibility index (Phi) is 8.24. The van der Waals surface area contributed by atoms with Crippen LogP contribution in [0.1, 0.15) is 37.7 Å². The van der Waals surface area contributed by atoms with Crippen LogP contribution in [-0.2, 0) is 21.2 Å². The number of nitrogens with one attached hydrogen (secondary N) is 2. The highest BCUT2D eigenvalue weighted by Gasteiger charge is 2.26. The van der Waals surface area contributed by atoms with Gasteiger partial charge in [-0.05, 0) is 68.4 Å². The number of amides is 1. The SMILES string of the molecule is O=C(NCCC1=CCCCC1)[C@H](Cc1ccccc1)NS(=O)(=O)c1ccc(Br)cc1. The zero-order chi connectivity index (χ0) is 21.4. The first kappa shape index (κ1) is 22.7. The molecule has 5 nitrogen and oxygen atoms in total. The third kappa shape index (κ3) is 6.79. The van der Waals surface area contributed by atoms with E-state index in [9.17, 15) is 13.2 Å². The first-order valence-corrected chi connectivity index (χ1v) is 12.5. The van der Waals surface area contributed by atoms with Gasteiger partial charge in [-0.2, -0.15) is 4.72 Å². The molecule has 0 radical (unpaired) electrons. The monoisotopic (exact) mass is 490 g/mol. The van der Waals surface area contributed by atoms with Gasteiger partial charge in [0.1, 0.15) is 6.04 Å². The number of benzene rings is 2. The molecule has 0 aliphatic heterocycles. The summed E-state index contributed by atoms with van der Waals surface area (Å²) in [5.41, 5.74) is 2.27. The molecule has 2 aromatic carbocycles. The Morgan fingerprint density at radius 3 is 2.43 bits per heavy atom. The lowest BCUT2D eigenvalue weighted by Gasteiger charge is -2.19. The molecule has 0 saturated carbocycles. The number of hydrogen-bond donors (Lipinski definition) is 2. The van der Waals surface area contributed by atoms with Crippen molar-refractivity contribution >= 4 is 31.9 Å². The maximum atomic E-state index is 12.9. The van der Waals surface area contributed by atoms with E-state index in [1.54, 1.807) is 12.1 Å². The smallest absolute Gasteiger partial charge is 0.241 e. The van der Waals surface area contributed by atoms with E-state index in [1.165, 1.54) is 30.5 Å². The molecule has 2 aromatic rings. The Morgan fingerprint density at radius 1 is 1.03 bits per heavy atom. The molecule has 0 heterocycles. The molecule has 1 atom stereocenters. The standard InChI is InChI=1S/C23H27BrN2O3S/c24-20-11-13-21(14-12-20)30(28,29)26-22(17-19-9-5-2-6-10-19)23(27)25-16-15-18-7-3-1-4-8-18/h2,5-7,9-14,22,26H,1,3-4,8,15-17H2,(H,25,27)/t22-/m0/s1. The molecule has 0 saturated heterocycles. The lowest BCUT2D eigenvalue weighted by atomic mass is 9.97. The van der Waals surface area contributed by atoms with Crippen LogP contribution in [0, 0.1) is 0 Å². The Morgan fingerprint density at radius 2 is 1.77 bits per heavy atom. The van der Waals surface area contributed by atoms with Crippen molar-refractivity contribution in [2.75, 3.05) is 6.54 Å². The number of carbonyl (C=O) groups is 1. The van der Waals surface area contributed by atoms with E-state index >= 15 is 0 Å². The van der Waals surface area contributed by atoms with Crippen molar-refractivity contribution in [1.29, 1.82) is 0 Å². The second-order valence-electron chi connectivity index (χ2n) is 7.47. The number of halogens is 1. The zero-order valence-corrected chi connectivity index (χ0v) is 19.2. The van der Waals surface area contributed by atoms with E-state index in [4.69, 9.17) is 0 Å². The van der Waals surface area contributed by atoms with Crippen LogP contribution >= 0.6 is 15.9 Å². The van der Waals surface area contributed by atoms with E-state index in [-0.39, 0.29) is 17.2 Å². The maximum absolute atomic E-state index is 12.9. The summed E-state index contributed by atoms with van der Waals surface area (Å²) < 4.78 is 29.1. The van der Waals surface area contributed by atoms with Gasteiger partial charge >= 0.3 is 0 Å². The number of hydrogen-bond acceptors (Lipinski definition) is 3. The van der Waals surface area contributed by atoms with E-state index in [1.807, 2.05) is 30.3 Å². The molecule has 0 aromatic heterocycles. The van der Waals surface area contributed by atoms with Crippen molar-refractivity contribution in [2.45, 2.75) is 49.5 Å². The topological polar surface area (TPSA) is 75.3 Å². The minimum absolute atomic E-state index is 0.129. The predicted octanol–water partition coefficient (Wildman–Crippen LogP) is 4.35. The second-order valence-corrected chi connectivity index (χ2v) is 10.1.